The minimum Gasteiger partial charge on any atom is -0.368 e. The highest BCUT2D eigenvalue weighted by Gasteiger charge is 2.18. The summed E-state index contributed by atoms with van der Waals surface area (Å²) in [6.07, 6.45) is 2.00. The number of nitrogens with one attached hydrogen (secondary N) is 1. The summed E-state index contributed by atoms with van der Waals surface area (Å²) < 4.78 is 13.0. The Kier molecular flexibility index (Phi) is 3.75. The van der Waals surface area contributed by atoms with Gasteiger partial charge < -0.3 is 9.88 Å². The van der Waals surface area contributed by atoms with Gasteiger partial charge >= 0.3 is 0 Å². The number of piperazine rings is 1. The lowest BCUT2D eigenvalue weighted by atomic mass is 10.1. The maximum atomic E-state index is 13.0. The Hall–Kier alpha value is -2.33. The minimum atomic E-state index is -0.168. The van der Waals surface area contributed by atoms with Gasteiger partial charge in [-0.15, -0.1) is 0 Å². The molecule has 1 saturated heterocycles. The molecule has 0 bridgehead atoms. The summed E-state index contributed by atoms with van der Waals surface area (Å²) in [4.78, 5) is 8.16. The van der Waals surface area contributed by atoms with Gasteiger partial charge in [0.15, 0.2) is 0 Å². The zero-order valence-corrected chi connectivity index (χ0v) is 13.0. The van der Waals surface area contributed by atoms with E-state index in [1.165, 1.54) is 34.3 Å². The number of H-pyrrole nitrogens is 1. The number of halogens is 1. The van der Waals surface area contributed by atoms with Crippen LogP contribution in [-0.4, -0.2) is 36.1 Å². The molecular weight excluding hydrogens is 289 g/mol. The van der Waals surface area contributed by atoms with Crippen molar-refractivity contribution in [3.05, 3.63) is 66.1 Å². The molecule has 1 fully saturated rings. The first-order valence-corrected chi connectivity index (χ1v) is 8.07. The van der Waals surface area contributed by atoms with E-state index in [4.69, 9.17) is 0 Å². The number of aromatic amines is 1. The van der Waals surface area contributed by atoms with Crippen molar-refractivity contribution in [1.82, 2.24) is 9.88 Å². The third-order valence-electron chi connectivity index (χ3n) is 4.60. The van der Waals surface area contributed by atoms with Crippen LogP contribution in [0.25, 0.3) is 10.9 Å². The Morgan fingerprint density at radius 1 is 0.913 bits per heavy atom. The Morgan fingerprint density at radius 3 is 2.48 bits per heavy atom. The van der Waals surface area contributed by atoms with Crippen molar-refractivity contribution < 1.29 is 4.39 Å². The standard InChI is InChI=1S/C19H20FN3/c20-16-6-4-15(5-7-16)14-22-10-12-23(13-11-22)19-3-1-2-18-17(19)8-9-21-18/h1-9,21H,10-14H2. The summed E-state index contributed by atoms with van der Waals surface area (Å²) >= 11 is 0. The van der Waals surface area contributed by atoms with Crippen LogP contribution in [-0.2, 0) is 6.54 Å². The second-order valence-electron chi connectivity index (χ2n) is 6.11. The number of aromatic nitrogens is 1. The fourth-order valence-corrected chi connectivity index (χ4v) is 3.34. The van der Waals surface area contributed by atoms with E-state index in [1.807, 2.05) is 18.3 Å². The van der Waals surface area contributed by atoms with E-state index in [0.717, 1.165) is 32.7 Å². The van der Waals surface area contributed by atoms with E-state index in [-0.39, 0.29) is 5.82 Å². The summed E-state index contributed by atoms with van der Waals surface area (Å²) in [6, 6.07) is 15.4. The highest BCUT2D eigenvalue weighted by Crippen LogP contribution is 2.27. The minimum absolute atomic E-state index is 0.168. The molecule has 0 saturated carbocycles. The monoisotopic (exact) mass is 309 g/mol. The molecule has 0 spiro atoms. The molecule has 1 N–H and O–H groups in total. The van der Waals surface area contributed by atoms with Gasteiger partial charge in [0, 0.05) is 55.5 Å². The summed E-state index contributed by atoms with van der Waals surface area (Å²) in [5, 5.41) is 1.29. The molecule has 0 radical (unpaired) electrons. The van der Waals surface area contributed by atoms with Crippen LogP contribution < -0.4 is 4.90 Å². The van der Waals surface area contributed by atoms with Crippen LogP contribution in [0.5, 0.6) is 0 Å². The predicted molar refractivity (Wildman–Crippen MR) is 92.2 cm³/mol. The molecule has 0 atom stereocenters. The zero-order valence-electron chi connectivity index (χ0n) is 13.0. The van der Waals surface area contributed by atoms with Crippen molar-refractivity contribution in [3.8, 4) is 0 Å². The maximum Gasteiger partial charge on any atom is 0.123 e. The van der Waals surface area contributed by atoms with Gasteiger partial charge in [0.25, 0.3) is 0 Å². The molecule has 0 unspecified atom stereocenters. The summed E-state index contributed by atoms with van der Waals surface area (Å²) in [7, 11) is 0. The Balaban J connectivity index is 1.43. The third kappa shape index (κ3) is 2.94. The molecule has 2 heterocycles. The molecule has 2 aromatic carbocycles. The molecule has 3 aromatic rings. The molecule has 4 rings (SSSR count). The lowest BCUT2D eigenvalue weighted by Crippen LogP contribution is -2.46. The van der Waals surface area contributed by atoms with E-state index in [9.17, 15) is 4.39 Å². The van der Waals surface area contributed by atoms with Gasteiger partial charge in [0.05, 0.1) is 0 Å². The molecule has 1 aliphatic rings. The van der Waals surface area contributed by atoms with Gasteiger partial charge in [-0.2, -0.15) is 0 Å². The van der Waals surface area contributed by atoms with E-state index in [2.05, 4.69) is 39.0 Å². The maximum absolute atomic E-state index is 13.0. The number of hydrogen-bond acceptors (Lipinski definition) is 2. The number of fused-ring (bicyclic) bond motifs is 1. The molecular formula is C19H20FN3. The van der Waals surface area contributed by atoms with E-state index in [0.29, 0.717) is 0 Å². The van der Waals surface area contributed by atoms with Gasteiger partial charge in [-0.25, -0.2) is 4.39 Å². The van der Waals surface area contributed by atoms with Crippen molar-refractivity contribution in [2.24, 2.45) is 0 Å². The average Bonchev–Trinajstić information content (AvgIpc) is 3.06. The number of rotatable bonds is 3. The zero-order chi connectivity index (χ0) is 15.6. The molecule has 4 heteroatoms. The van der Waals surface area contributed by atoms with Crippen molar-refractivity contribution in [2.45, 2.75) is 6.54 Å². The van der Waals surface area contributed by atoms with Gasteiger partial charge in [-0.1, -0.05) is 18.2 Å². The Bertz CT molecular complexity index is 786. The van der Waals surface area contributed by atoms with Crippen molar-refractivity contribution in [3.63, 3.8) is 0 Å². The predicted octanol–water partition coefficient (Wildman–Crippen LogP) is 3.63. The van der Waals surface area contributed by atoms with Gasteiger partial charge in [-0.05, 0) is 35.9 Å². The van der Waals surface area contributed by atoms with Crippen molar-refractivity contribution in [2.75, 3.05) is 31.1 Å². The molecule has 1 aromatic heterocycles. The molecule has 1 aliphatic heterocycles. The quantitative estimate of drug-likeness (QED) is 0.798. The molecule has 23 heavy (non-hydrogen) atoms. The summed E-state index contributed by atoms with van der Waals surface area (Å²) in [5.74, 6) is -0.168. The summed E-state index contributed by atoms with van der Waals surface area (Å²) in [5.41, 5.74) is 3.68. The van der Waals surface area contributed by atoms with Gasteiger partial charge in [0.1, 0.15) is 5.82 Å². The first kappa shape index (κ1) is 14.3. The number of nitrogens with zero attached hydrogens (tertiary/aromatic N) is 2. The van der Waals surface area contributed by atoms with E-state index in [1.54, 1.807) is 0 Å². The van der Waals surface area contributed by atoms with Crippen LogP contribution in [0.15, 0.2) is 54.7 Å². The fourth-order valence-electron chi connectivity index (χ4n) is 3.34. The molecule has 0 aliphatic carbocycles. The van der Waals surface area contributed by atoms with E-state index >= 15 is 0 Å². The number of anilines is 1. The highest BCUT2D eigenvalue weighted by molar-refractivity contribution is 5.92. The molecule has 118 valence electrons. The number of hydrogen-bond donors (Lipinski definition) is 1. The van der Waals surface area contributed by atoms with E-state index < -0.39 is 0 Å². The second-order valence-corrected chi connectivity index (χ2v) is 6.11. The number of benzene rings is 2. The first-order valence-electron chi connectivity index (χ1n) is 8.07. The van der Waals surface area contributed by atoms with Crippen LogP contribution in [0.3, 0.4) is 0 Å². The average molecular weight is 309 g/mol. The molecule has 3 nitrogen and oxygen atoms in total. The van der Waals surface area contributed by atoms with Crippen LogP contribution in [0.4, 0.5) is 10.1 Å². The normalized spacial score (nSPS) is 16.1. The third-order valence-corrected chi connectivity index (χ3v) is 4.60. The van der Waals surface area contributed by atoms with Crippen molar-refractivity contribution >= 4 is 16.6 Å². The van der Waals surface area contributed by atoms with Gasteiger partial charge in [-0.3, -0.25) is 4.90 Å². The van der Waals surface area contributed by atoms with Crippen LogP contribution in [0.1, 0.15) is 5.56 Å². The van der Waals surface area contributed by atoms with Crippen LogP contribution in [0, 0.1) is 5.82 Å². The Morgan fingerprint density at radius 2 is 1.70 bits per heavy atom. The highest BCUT2D eigenvalue weighted by atomic mass is 19.1. The summed E-state index contributed by atoms with van der Waals surface area (Å²) in [6.45, 7) is 4.98. The topological polar surface area (TPSA) is 22.3 Å². The first-order chi connectivity index (χ1) is 11.3. The largest absolute Gasteiger partial charge is 0.368 e. The molecule has 0 amide bonds. The van der Waals surface area contributed by atoms with Crippen LogP contribution >= 0.6 is 0 Å². The fraction of sp³-hybridized carbons (Fsp3) is 0.263. The smallest absolute Gasteiger partial charge is 0.123 e. The van der Waals surface area contributed by atoms with Crippen LogP contribution in [0.2, 0.25) is 0 Å². The lowest BCUT2D eigenvalue weighted by Gasteiger charge is -2.36. The second kappa shape index (κ2) is 6.05. The lowest BCUT2D eigenvalue weighted by molar-refractivity contribution is 0.250. The Labute approximate surface area is 135 Å². The SMILES string of the molecule is Fc1ccc(CN2CCN(c3cccc4[nH]ccc34)CC2)cc1. The van der Waals surface area contributed by atoms with Crippen molar-refractivity contribution in [1.29, 1.82) is 0 Å². The van der Waals surface area contributed by atoms with Gasteiger partial charge in [0.2, 0.25) is 0 Å².